The van der Waals surface area contributed by atoms with Gasteiger partial charge < -0.3 is 4.74 Å². The second-order valence-electron chi connectivity index (χ2n) is 4.99. The van der Waals surface area contributed by atoms with Gasteiger partial charge in [0.1, 0.15) is 5.54 Å². The molecule has 1 aromatic carbocycles. The van der Waals surface area contributed by atoms with Crippen LogP contribution in [0.2, 0.25) is 0 Å². The summed E-state index contributed by atoms with van der Waals surface area (Å²) in [6, 6.07) is 12.7. The third-order valence-corrected chi connectivity index (χ3v) is 3.73. The molecule has 2 rings (SSSR count). The number of hydrogen-bond donors (Lipinski definition) is 1. The Bertz CT molecular complexity index is 412. The van der Waals surface area contributed by atoms with Crippen LogP contribution in [0.5, 0.6) is 0 Å². The van der Waals surface area contributed by atoms with Crippen molar-refractivity contribution in [3.63, 3.8) is 0 Å². The summed E-state index contributed by atoms with van der Waals surface area (Å²) in [5.74, 6) is 0. The van der Waals surface area contributed by atoms with Gasteiger partial charge in [-0.3, -0.25) is 5.32 Å². The van der Waals surface area contributed by atoms with Crippen LogP contribution in [0.1, 0.15) is 31.2 Å². The molecule has 96 valence electrons. The van der Waals surface area contributed by atoms with Crippen LogP contribution < -0.4 is 5.32 Å². The zero-order valence-corrected chi connectivity index (χ0v) is 10.9. The van der Waals surface area contributed by atoms with Gasteiger partial charge in [0.25, 0.3) is 0 Å². The quantitative estimate of drug-likeness (QED) is 0.885. The molecule has 0 bridgehead atoms. The third-order valence-electron chi connectivity index (χ3n) is 3.73. The van der Waals surface area contributed by atoms with Gasteiger partial charge in [-0.05, 0) is 24.8 Å². The number of nitrogens with zero attached hydrogens (tertiary/aromatic N) is 1. The number of hydrogen-bond acceptors (Lipinski definition) is 3. The van der Waals surface area contributed by atoms with Gasteiger partial charge in [-0.15, -0.1) is 0 Å². The molecular weight excluding hydrogens is 224 g/mol. The summed E-state index contributed by atoms with van der Waals surface area (Å²) in [4.78, 5) is 0. The summed E-state index contributed by atoms with van der Waals surface area (Å²) in [5.41, 5.74) is 0.793. The van der Waals surface area contributed by atoms with E-state index in [0.717, 1.165) is 32.2 Å². The molecule has 0 heterocycles. The predicted molar refractivity (Wildman–Crippen MR) is 70.9 cm³/mol. The molecule has 0 saturated heterocycles. The number of nitrogens with one attached hydrogen (secondary N) is 1. The van der Waals surface area contributed by atoms with Gasteiger partial charge in [-0.25, -0.2) is 0 Å². The van der Waals surface area contributed by atoms with Crippen molar-refractivity contribution in [3.8, 4) is 6.07 Å². The summed E-state index contributed by atoms with van der Waals surface area (Å²) in [6.07, 6.45) is 4.02. The molecule has 0 amide bonds. The lowest BCUT2D eigenvalue weighted by atomic mass is 9.81. The van der Waals surface area contributed by atoms with E-state index in [0.29, 0.717) is 0 Å². The molecular formula is C15H20N2O. The van der Waals surface area contributed by atoms with E-state index in [9.17, 15) is 5.26 Å². The van der Waals surface area contributed by atoms with Gasteiger partial charge in [0, 0.05) is 20.1 Å². The highest BCUT2D eigenvalue weighted by Crippen LogP contribution is 2.29. The van der Waals surface area contributed by atoms with E-state index >= 15 is 0 Å². The molecule has 3 heteroatoms. The van der Waals surface area contributed by atoms with E-state index in [1.807, 2.05) is 18.2 Å². The van der Waals surface area contributed by atoms with E-state index in [1.165, 1.54) is 5.56 Å². The van der Waals surface area contributed by atoms with Crippen molar-refractivity contribution in [2.75, 3.05) is 7.11 Å². The summed E-state index contributed by atoms with van der Waals surface area (Å²) < 4.78 is 5.41. The average molecular weight is 244 g/mol. The van der Waals surface area contributed by atoms with Crippen LogP contribution in [0.3, 0.4) is 0 Å². The lowest BCUT2D eigenvalue weighted by molar-refractivity contribution is 0.0445. The van der Waals surface area contributed by atoms with E-state index in [4.69, 9.17) is 4.74 Å². The largest absolute Gasteiger partial charge is 0.381 e. The molecule has 0 spiro atoms. The summed E-state index contributed by atoms with van der Waals surface area (Å²) in [7, 11) is 1.73. The van der Waals surface area contributed by atoms with Gasteiger partial charge in [0.15, 0.2) is 0 Å². The van der Waals surface area contributed by atoms with Crippen molar-refractivity contribution in [3.05, 3.63) is 35.9 Å². The van der Waals surface area contributed by atoms with Gasteiger partial charge in [0.2, 0.25) is 0 Å². The normalized spacial score (nSPS) is 27.7. The van der Waals surface area contributed by atoms with Crippen molar-refractivity contribution < 1.29 is 4.74 Å². The fraction of sp³-hybridized carbons (Fsp3) is 0.533. The Hall–Kier alpha value is -1.37. The minimum atomic E-state index is -0.422. The average Bonchev–Trinajstić information content (AvgIpc) is 2.46. The number of rotatable bonds is 4. The Morgan fingerprint density at radius 3 is 2.89 bits per heavy atom. The van der Waals surface area contributed by atoms with E-state index in [2.05, 4.69) is 23.5 Å². The maximum Gasteiger partial charge on any atom is 0.109 e. The van der Waals surface area contributed by atoms with E-state index < -0.39 is 5.54 Å². The lowest BCUT2D eigenvalue weighted by Crippen LogP contribution is -2.48. The van der Waals surface area contributed by atoms with Crippen LogP contribution in [0.15, 0.2) is 30.3 Å². The third kappa shape index (κ3) is 3.10. The van der Waals surface area contributed by atoms with E-state index in [-0.39, 0.29) is 6.10 Å². The minimum absolute atomic E-state index is 0.210. The van der Waals surface area contributed by atoms with Crippen LogP contribution in [0, 0.1) is 11.3 Å². The molecule has 0 radical (unpaired) electrons. The van der Waals surface area contributed by atoms with Crippen molar-refractivity contribution in [1.29, 1.82) is 5.26 Å². The monoisotopic (exact) mass is 244 g/mol. The molecule has 2 unspecified atom stereocenters. The first-order valence-electron chi connectivity index (χ1n) is 6.51. The zero-order chi connectivity index (χ0) is 12.8. The van der Waals surface area contributed by atoms with Crippen LogP contribution in [0.4, 0.5) is 0 Å². The van der Waals surface area contributed by atoms with Crippen LogP contribution in [0.25, 0.3) is 0 Å². The molecule has 3 nitrogen and oxygen atoms in total. The molecule has 1 aliphatic rings. The molecule has 0 aromatic heterocycles. The molecule has 1 aromatic rings. The topological polar surface area (TPSA) is 45.0 Å². The summed E-state index contributed by atoms with van der Waals surface area (Å²) in [5, 5.41) is 12.9. The van der Waals surface area contributed by atoms with Crippen molar-refractivity contribution in [2.24, 2.45) is 0 Å². The minimum Gasteiger partial charge on any atom is -0.381 e. The van der Waals surface area contributed by atoms with Crippen molar-refractivity contribution in [2.45, 2.75) is 43.9 Å². The molecule has 1 saturated carbocycles. The number of nitriles is 1. The molecule has 1 N–H and O–H groups in total. The van der Waals surface area contributed by atoms with Crippen LogP contribution >= 0.6 is 0 Å². The number of ether oxygens (including phenoxy) is 1. The molecule has 1 fully saturated rings. The zero-order valence-electron chi connectivity index (χ0n) is 10.9. The van der Waals surface area contributed by atoms with Crippen molar-refractivity contribution >= 4 is 0 Å². The SMILES string of the molecule is COC1CCCC(C#N)(NCc2ccccc2)C1. The molecule has 2 atom stereocenters. The molecule has 1 aliphatic carbocycles. The summed E-state index contributed by atoms with van der Waals surface area (Å²) >= 11 is 0. The fourth-order valence-electron chi connectivity index (χ4n) is 2.59. The maximum absolute atomic E-state index is 9.46. The van der Waals surface area contributed by atoms with E-state index in [1.54, 1.807) is 7.11 Å². The van der Waals surface area contributed by atoms with Gasteiger partial charge in [-0.1, -0.05) is 30.3 Å². The van der Waals surface area contributed by atoms with Crippen LogP contribution in [-0.4, -0.2) is 18.8 Å². The first-order valence-corrected chi connectivity index (χ1v) is 6.51. The number of benzene rings is 1. The Kier molecular flexibility index (Phi) is 4.35. The second-order valence-corrected chi connectivity index (χ2v) is 4.99. The lowest BCUT2D eigenvalue weighted by Gasteiger charge is -2.36. The Labute approximate surface area is 109 Å². The summed E-state index contributed by atoms with van der Waals surface area (Å²) in [6.45, 7) is 0.741. The van der Waals surface area contributed by atoms with Gasteiger partial charge >= 0.3 is 0 Å². The Balaban J connectivity index is 1.98. The van der Waals surface area contributed by atoms with Gasteiger partial charge in [-0.2, -0.15) is 5.26 Å². The standard InChI is InChI=1S/C15H20N2O/c1-18-14-8-5-9-15(10-14,12-16)17-11-13-6-3-2-4-7-13/h2-4,6-7,14,17H,5,8-11H2,1H3. The first kappa shape index (κ1) is 13.1. The number of methoxy groups -OCH3 is 1. The van der Waals surface area contributed by atoms with Gasteiger partial charge in [0.05, 0.1) is 12.2 Å². The Morgan fingerprint density at radius 2 is 2.22 bits per heavy atom. The molecule has 18 heavy (non-hydrogen) atoms. The first-order chi connectivity index (χ1) is 8.78. The second kappa shape index (κ2) is 5.99. The highest BCUT2D eigenvalue weighted by molar-refractivity contribution is 5.17. The van der Waals surface area contributed by atoms with Crippen molar-refractivity contribution in [1.82, 2.24) is 5.32 Å². The highest BCUT2D eigenvalue weighted by Gasteiger charge is 2.36. The smallest absolute Gasteiger partial charge is 0.109 e. The maximum atomic E-state index is 9.46. The highest BCUT2D eigenvalue weighted by atomic mass is 16.5. The predicted octanol–water partition coefficient (Wildman–Crippen LogP) is 2.63. The Morgan fingerprint density at radius 1 is 1.44 bits per heavy atom. The molecule has 0 aliphatic heterocycles. The van der Waals surface area contributed by atoms with Crippen LogP contribution in [-0.2, 0) is 11.3 Å². The fourth-order valence-corrected chi connectivity index (χ4v) is 2.59.